The second kappa shape index (κ2) is 13.9. The van der Waals surface area contributed by atoms with Crippen molar-refractivity contribution < 1.29 is 4.79 Å². The van der Waals surface area contributed by atoms with Gasteiger partial charge in [-0.15, -0.1) is 11.8 Å². The Kier molecular flexibility index (Phi) is 13.6. The van der Waals surface area contributed by atoms with Crippen molar-refractivity contribution in [3.63, 3.8) is 0 Å². The predicted octanol–water partition coefficient (Wildman–Crippen LogP) is 6.24. The molecule has 0 bridgehead atoms. The molecule has 0 atom stereocenters. The molecule has 0 unspecified atom stereocenters. The fraction of sp³-hybridized carbons (Fsp3) is 0.632. The van der Waals surface area contributed by atoms with Gasteiger partial charge in [0.15, 0.2) is 0 Å². The van der Waals surface area contributed by atoms with Crippen LogP contribution in [-0.4, -0.2) is 29.6 Å². The van der Waals surface area contributed by atoms with E-state index in [2.05, 4.69) is 40.2 Å². The number of halogens is 1. The molecule has 1 aromatic rings. The van der Waals surface area contributed by atoms with Gasteiger partial charge in [-0.25, -0.2) is 0 Å². The molecule has 23 heavy (non-hydrogen) atoms. The molecular formula is C19H32BrNOS. The smallest absolute Gasteiger partial charge is 0.222 e. The van der Waals surface area contributed by atoms with Crippen LogP contribution in [0.25, 0.3) is 0 Å². The normalized spacial score (nSPS) is 14.3. The molecule has 0 spiro atoms. The molecule has 2 nitrogen and oxygen atoms in total. The summed E-state index contributed by atoms with van der Waals surface area (Å²) in [7, 11) is 0. The van der Waals surface area contributed by atoms with Crippen molar-refractivity contribution in [1.82, 2.24) is 4.90 Å². The molecule has 1 amide bonds. The summed E-state index contributed by atoms with van der Waals surface area (Å²) in [5.41, 5.74) is 0. The Morgan fingerprint density at radius 1 is 1.13 bits per heavy atom. The molecule has 1 fully saturated rings. The largest absolute Gasteiger partial charge is 0.343 e. The number of benzene rings is 1. The van der Waals surface area contributed by atoms with Crippen molar-refractivity contribution in [2.75, 3.05) is 18.8 Å². The van der Waals surface area contributed by atoms with E-state index in [4.69, 9.17) is 0 Å². The number of rotatable bonds is 4. The minimum Gasteiger partial charge on any atom is -0.343 e. The van der Waals surface area contributed by atoms with Crippen LogP contribution in [0.2, 0.25) is 0 Å². The Balaban J connectivity index is 0.00000112. The van der Waals surface area contributed by atoms with Gasteiger partial charge >= 0.3 is 0 Å². The summed E-state index contributed by atoms with van der Waals surface area (Å²) in [5, 5.41) is 0. The van der Waals surface area contributed by atoms with Gasteiger partial charge in [0.05, 0.1) is 0 Å². The van der Waals surface area contributed by atoms with Crippen molar-refractivity contribution in [2.24, 2.45) is 5.92 Å². The second-order valence-corrected chi connectivity index (χ2v) is 6.95. The van der Waals surface area contributed by atoms with E-state index in [0.29, 0.717) is 12.3 Å². The summed E-state index contributed by atoms with van der Waals surface area (Å²) in [6, 6.07) is 8.49. The monoisotopic (exact) mass is 401 g/mol. The van der Waals surface area contributed by atoms with Crippen molar-refractivity contribution in [3.05, 3.63) is 28.7 Å². The fourth-order valence-corrected chi connectivity index (χ4v) is 3.67. The number of hydrogen-bond acceptors (Lipinski definition) is 2. The van der Waals surface area contributed by atoms with Gasteiger partial charge < -0.3 is 4.90 Å². The number of hydrogen-bond donors (Lipinski definition) is 0. The highest BCUT2D eigenvalue weighted by Crippen LogP contribution is 2.27. The maximum absolute atomic E-state index is 11.6. The van der Waals surface area contributed by atoms with Crippen molar-refractivity contribution in [2.45, 2.75) is 58.8 Å². The number of piperidine rings is 1. The van der Waals surface area contributed by atoms with Crippen LogP contribution in [0.3, 0.4) is 0 Å². The predicted molar refractivity (Wildman–Crippen MR) is 107 cm³/mol. The van der Waals surface area contributed by atoms with E-state index in [1.807, 2.05) is 51.3 Å². The molecule has 1 aliphatic rings. The van der Waals surface area contributed by atoms with Gasteiger partial charge in [0.1, 0.15) is 0 Å². The molecule has 1 aromatic carbocycles. The van der Waals surface area contributed by atoms with Crippen LogP contribution in [-0.2, 0) is 4.79 Å². The zero-order valence-electron chi connectivity index (χ0n) is 15.3. The average Bonchev–Trinajstić information content (AvgIpc) is 2.64. The van der Waals surface area contributed by atoms with E-state index >= 15 is 0 Å². The Labute approximate surface area is 155 Å². The number of amides is 1. The molecule has 0 radical (unpaired) electrons. The molecule has 2 rings (SSSR count). The third-order valence-corrected chi connectivity index (χ3v) is 5.34. The van der Waals surface area contributed by atoms with E-state index < -0.39 is 0 Å². The van der Waals surface area contributed by atoms with Gasteiger partial charge in [-0.05, 0) is 43.0 Å². The summed E-state index contributed by atoms with van der Waals surface area (Å²) in [6.45, 7) is 11.8. The zero-order valence-corrected chi connectivity index (χ0v) is 17.7. The summed E-state index contributed by atoms with van der Waals surface area (Å²) in [4.78, 5) is 14.9. The summed E-state index contributed by atoms with van der Waals surface area (Å²) in [5.74, 6) is 2.21. The van der Waals surface area contributed by atoms with Gasteiger partial charge in [0.25, 0.3) is 0 Å². The Hall–Kier alpha value is -0.480. The first-order chi connectivity index (χ1) is 11.2. The molecule has 0 N–H and O–H groups in total. The average molecular weight is 402 g/mol. The summed E-state index contributed by atoms with van der Waals surface area (Å²) < 4.78 is 1.13. The number of nitrogens with zero attached hydrogens (tertiary/aromatic N) is 1. The molecule has 4 heteroatoms. The lowest BCUT2D eigenvalue weighted by atomic mass is 9.99. The van der Waals surface area contributed by atoms with Crippen molar-refractivity contribution in [3.8, 4) is 0 Å². The van der Waals surface area contributed by atoms with Gasteiger partial charge in [0.2, 0.25) is 5.91 Å². The van der Waals surface area contributed by atoms with E-state index in [9.17, 15) is 4.79 Å². The van der Waals surface area contributed by atoms with Crippen LogP contribution in [0, 0.1) is 5.92 Å². The lowest BCUT2D eigenvalue weighted by Crippen LogP contribution is -2.38. The van der Waals surface area contributed by atoms with Crippen molar-refractivity contribution >= 4 is 33.6 Å². The summed E-state index contributed by atoms with van der Waals surface area (Å²) >= 11 is 5.38. The maximum Gasteiger partial charge on any atom is 0.222 e. The SMILES string of the molecule is CC.CC.CCC(=O)N1CCC(CSc2ccc(Br)cc2)CC1. The van der Waals surface area contributed by atoms with Crippen LogP contribution in [0.5, 0.6) is 0 Å². The molecule has 0 saturated carbocycles. The molecule has 1 aliphatic heterocycles. The molecule has 132 valence electrons. The van der Waals surface area contributed by atoms with Crippen LogP contribution in [0.15, 0.2) is 33.6 Å². The van der Waals surface area contributed by atoms with Crippen LogP contribution in [0.1, 0.15) is 53.9 Å². The quantitative estimate of drug-likeness (QED) is 0.556. The highest BCUT2D eigenvalue weighted by Gasteiger charge is 2.21. The van der Waals surface area contributed by atoms with E-state index in [0.717, 1.165) is 42.1 Å². The minimum absolute atomic E-state index is 0.305. The molecular weight excluding hydrogens is 370 g/mol. The minimum atomic E-state index is 0.305. The first-order valence-electron chi connectivity index (χ1n) is 8.85. The van der Waals surface area contributed by atoms with Crippen molar-refractivity contribution in [1.29, 1.82) is 0 Å². The lowest BCUT2D eigenvalue weighted by molar-refractivity contribution is -0.132. The van der Waals surface area contributed by atoms with E-state index in [-0.39, 0.29) is 0 Å². The second-order valence-electron chi connectivity index (χ2n) is 4.94. The van der Waals surface area contributed by atoms with Crippen LogP contribution < -0.4 is 0 Å². The van der Waals surface area contributed by atoms with E-state index in [1.165, 1.54) is 4.90 Å². The Bertz CT molecular complexity index is 414. The molecule has 1 saturated heterocycles. The standard InChI is InChI=1S/C15H20BrNOS.2C2H6/c1-2-15(18)17-9-7-12(8-10-17)11-19-14-5-3-13(16)4-6-14;2*1-2/h3-6,12H,2,7-11H2,1H3;2*1-2H3. The summed E-state index contributed by atoms with van der Waals surface area (Å²) in [6.07, 6.45) is 2.93. The number of carbonyl (C=O) groups is 1. The Morgan fingerprint density at radius 3 is 2.13 bits per heavy atom. The van der Waals surface area contributed by atoms with Gasteiger partial charge in [-0.2, -0.15) is 0 Å². The highest BCUT2D eigenvalue weighted by atomic mass is 79.9. The zero-order chi connectivity index (χ0) is 17.7. The van der Waals surface area contributed by atoms with Gasteiger partial charge in [-0.1, -0.05) is 50.5 Å². The topological polar surface area (TPSA) is 20.3 Å². The first-order valence-corrected chi connectivity index (χ1v) is 10.6. The lowest BCUT2D eigenvalue weighted by Gasteiger charge is -2.31. The maximum atomic E-state index is 11.6. The first kappa shape index (κ1) is 22.5. The number of thioether (sulfide) groups is 1. The van der Waals surface area contributed by atoms with Gasteiger partial charge in [-0.3, -0.25) is 4.79 Å². The van der Waals surface area contributed by atoms with Gasteiger partial charge in [0, 0.05) is 34.6 Å². The van der Waals surface area contributed by atoms with Crippen LogP contribution in [0.4, 0.5) is 0 Å². The van der Waals surface area contributed by atoms with E-state index in [1.54, 1.807) is 0 Å². The Morgan fingerprint density at radius 2 is 1.65 bits per heavy atom. The van der Waals surface area contributed by atoms with Crippen LogP contribution >= 0.6 is 27.7 Å². The highest BCUT2D eigenvalue weighted by molar-refractivity contribution is 9.10. The molecule has 1 heterocycles. The fourth-order valence-electron chi connectivity index (χ4n) is 2.32. The number of likely N-dealkylation sites (tertiary alicyclic amines) is 1. The third-order valence-electron chi connectivity index (χ3n) is 3.57. The molecule has 0 aliphatic carbocycles. The molecule has 0 aromatic heterocycles. The third kappa shape index (κ3) is 8.80. The number of carbonyl (C=O) groups excluding carboxylic acids is 1.